The molecule has 3 rings (SSSR count). The van der Waals surface area contributed by atoms with E-state index in [4.69, 9.17) is 34.0 Å². The van der Waals surface area contributed by atoms with Crippen LogP contribution in [0.5, 0.6) is 11.5 Å². The Kier molecular flexibility index (Phi) is 16.0. The summed E-state index contributed by atoms with van der Waals surface area (Å²) in [4.78, 5) is 27.0. The van der Waals surface area contributed by atoms with Crippen molar-refractivity contribution in [2.75, 3.05) is 67.0 Å². The molecule has 0 fully saturated rings. The second-order valence-corrected chi connectivity index (χ2v) is 10.1. The Labute approximate surface area is 276 Å². The van der Waals surface area contributed by atoms with Crippen molar-refractivity contribution in [2.45, 2.75) is 19.1 Å². The second kappa shape index (κ2) is 20.4. The first-order valence-corrected chi connectivity index (χ1v) is 14.9. The van der Waals surface area contributed by atoms with Gasteiger partial charge in [-0.2, -0.15) is 0 Å². The van der Waals surface area contributed by atoms with Crippen LogP contribution in [0.4, 0.5) is 8.78 Å². The summed E-state index contributed by atoms with van der Waals surface area (Å²) in [6.45, 7) is 3.25. The number of rotatable bonds is 22. The number of carbonyl (C=O) groups excluding carboxylic acids is 1. The van der Waals surface area contributed by atoms with Crippen LogP contribution in [-0.4, -0.2) is 90.0 Å². The maximum absolute atomic E-state index is 14.0. The molecule has 1 amide bonds. The van der Waals surface area contributed by atoms with Gasteiger partial charge >= 0.3 is 5.97 Å². The van der Waals surface area contributed by atoms with E-state index in [9.17, 15) is 23.5 Å². The summed E-state index contributed by atoms with van der Waals surface area (Å²) in [6.07, 6.45) is -0.130. The number of carboxylic acid groups (broad SMARTS) is 1. The Morgan fingerprint density at radius 2 is 1.38 bits per heavy atom. The van der Waals surface area contributed by atoms with Gasteiger partial charge in [0, 0.05) is 17.9 Å². The molecule has 0 bridgehead atoms. The molecule has 0 heterocycles. The second-order valence-electron chi connectivity index (χ2n) is 10.1. The van der Waals surface area contributed by atoms with Gasteiger partial charge in [-0.25, -0.2) is 13.6 Å². The number of azide groups is 1. The largest absolute Gasteiger partial charge is 0.496 e. The molecule has 0 aliphatic heterocycles. The smallest absolute Gasteiger partial charge is 0.326 e. The van der Waals surface area contributed by atoms with Gasteiger partial charge in [-0.15, -0.1) is 0 Å². The van der Waals surface area contributed by atoms with Crippen molar-refractivity contribution in [3.05, 3.63) is 93.4 Å². The fourth-order valence-corrected chi connectivity index (χ4v) is 4.52. The highest BCUT2D eigenvalue weighted by Gasteiger charge is 2.25. The van der Waals surface area contributed by atoms with Gasteiger partial charge in [-0.1, -0.05) is 35.4 Å². The molecular weight excluding hydrogens is 634 g/mol. The monoisotopic (exact) mass is 672 g/mol. The number of amides is 1. The lowest BCUT2D eigenvalue weighted by Crippen LogP contribution is -2.42. The lowest BCUT2D eigenvalue weighted by Gasteiger charge is -2.17. The number of benzene rings is 3. The third kappa shape index (κ3) is 11.8. The molecule has 0 saturated carbocycles. The van der Waals surface area contributed by atoms with E-state index in [1.165, 1.54) is 14.2 Å². The highest BCUT2D eigenvalue weighted by atomic mass is 19.1. The first-order chi connectivity index (χ1) is 23.3. The lowest BCUT2D eigenvalue weighted by molar-refractivity contribution is -0.139. The maximum Gasteiger partial charge on any atom is 0.326 e. The fourth-order valence-electron chi connectivity index (χ4n) is 4.52. The Bertz CT molecular complexity index is 1490. The molecule has 48 heavy (non-hydrogen) atoms. The SMILES string of the molecule is COc1cc(COCCOCCOCCOCCN=[N+]=[N-])cc(OC)c1-c1ccc(C[C@H](NC(=O)c2c(F)cccc2F)C(=O)O)cc1. The molecule has 3 aromatic rings. The molecule has 0 radical (unpaired) electrons. The number of nitrogens with zero attached hydrogens (tertiary/aromatic N) is 3. The van der Waals surface area contributed by atoms with Crippen molar-refractivity contribution < 1.29 is 51.9 Å². The number of nitrogens with one attached hydrogen (secondary N) is 1. The lowest BCUT2D eigenvalue weighted by atomic mass is 9.98. The van der Waals surface area contributed by atoms with Crippen LogP contribution in [0.25, 0.3) is 21.6 Å². The predicted molar refractivity (Wildman–Crippen MR) is 170 cm³/mol. The van der Waals surface area contributed by atoms with Crippen LogP contribution < -0.4 is 14.8 Å². The van der Waals surface area contributed by atoms with Gasteiger partial charge < -0.3 is 38.8 Å². The topological polar surface area (TPSA) is 171 Å². The number of ether oxygens (including phenoxy) is 6. The molecule has 3 aromatic carbocycles. The average molecular weight is 673 g/mol. The molecule has 1 atom stereocenters. The standard InChI is InChI=1S/C33H38F2N4O9/c1-43-28-19-23(21-48-17-16-47-15-14-46-13-12-45-11-10-37-39-36)20-29(44-2)30(28)24-8-6-22(7-9-24)18-27(33(41)42)38-32(40)31-25(34)4-3-5-26(31)35/h3-9,19-20,27H,10-18,21H2,1-2H3,(H,38,40)(H,41,42)/t27-/m0/s1. The fraction of sp³-hybridized carbons (Fsp3) is 0.394. The minimum absolute atomic E-state index is 0.130. The first-order valence-electron chi connectivity index (χ1n) is 14.9. The number of halogens is 2. The molecule has 0 aromatic heterocycles. The van der Waals surface area contributed by atoms with E-state index >= 15 is 0 Å². The van der Waals surface area contributed by atoms with Gasteiger partial charge in [0.2, 0.25) is 0 Å². The Morgan fingerprint density at radius 3 is 1.90 bits per heavy atom. The summed E-state index contributed by atoms with van der Waals surface area (Å²) >= 11 is 0. The third-order valence-corrected chi connectivity index (χ3v) is 6.82. The van der Waals surface area contributed by atoms with Gasteiger partial charge in [0.15, 0.2) is 0 Å². The summed E-state index contributed by atoms with van der Waals surface area (Å²) in [5.41, 5.74) is 10.1. The molecular formula is C33H38F2N4O9. The molecule has 258 valence electrons. The van der Waals surface area contributed by atoms with E-state index in [0.29, 0.717) is 68.9 Å². The maximum atomic E-state index is 14.0. The average Bonchev–Trinajstić information content (AvgIpc) is 3.08. The number of carboxylic acids is 1. The number of aliphatic carboxylic acids is 1. The highest BCUT2D eigenvalue weighted by Crippen LogP contribution is 2.40. The molecule has 15 heteroatoms. The van der Waals surface area contributed by atoms with E-state index in [1.54, 1.807) is 24.3 Å². The van der Waals surface area contributed by atoms with Crippen molar-refractivity contribution in [1.82, 2.24) is 5.32 Å². The van der Waals surface area contributed by atoms with E-state index in [1.807, 2.05) is 12.1 Å². The van der Waals surface area contributed by atoms with Gasteiger partial charge in [0.1, 0.15) is 34.7 Å². The van der Waals surface area contributed by atoms with Gasteiger partial charge in [-0.05, 0) is 46.5 Å². The third-order valence-electron chi connectivity index (χ3n) is 6.82. The van der Waals surface area contributed by atoms with E-state index < -0.39 is 35.1 Å². The van der Waals surface area contributed by atoms with Crippen LogP contribution in [0.3, 0.4) is 0 Å². The number of carbonyl (C=O) groups is 2. The van der Waals surface area contributed by atoms with E-state index in [0.717, 1.165) is 29.3 Å². The summed E-state index contributed by atoms with van der Waals surface area (Å²) in [5, 5.41) is 15.2. The van der Waals surface area contributed by atoms with Gasteiger partial charge in [-0.3, -0.25) is 4.79 Å². The molecule has 0 saturated heterocycles. The minimum Gasteiger partial charge on any atom is -0.496 e. The summed E-state index contributed by atoms with van der Waals surface area (Å²) in [5.74, 6) is -3.65. The number of hydrogen-bond donors (Lipinski definition) is 2. The van der Waals surface area contributed by atoms with Crippen molar-refractivity contribution >= 4 is 11.9 Å². The predicted octanol–water partition coefficient (Wildman–Crippen LogP) is 4.95. The number of methoxy groups -OCH3 is 2. The van der Waals surface area contributed by atoms with Gasteiger partial charge in [0.05, 0.1) is 72.6 Å². The van der Waals surface area contributed by atoms with Crippen LogP contribution in [0.2, 0.25) is 0 Å². The minimum atomic E-state index is -1.43. The summed E-state index contributed by atoms with van der Waals surface area (Å²) in [6, 6.07) is 12.0. The summed E-state index contributed by atoms with van der Waals surface area (Å²) in [7, 11) is 3.06. The molecule has 0 spiro atoms. The van der Waals surface area contributed by atoms with Crippen molar-refractivity contribution in [2.24, 2.45) is 5.11 Å². The zero-order valence-corrected chi connectivity index (χ0v) is 26.7. The Hall–Kier alpha value is -4.79. The molecule has 2 N–H and O–H groups in total. The molecule has 0 unspecified atom stereocenters. The van der Waals surface area contributed by atoms with Crippen molar-refractivity contribution in [3.8, 4) is 22.6 Å². The zero-order valence-electron chi connectivity index (χ0n) is 26.7. The van der Waals surface area contributed by atoms with Crippen LogP contribution in [0.1, 0.15) is 21.5 Å². The Balaban J connectivity index is 1.52. The zero-order chi connectivity index (χ0) is 34.7. The normalized spacial score (nSPS) is 11.4. The van der Waals surface area contributed by atoms with Crippen LogP contribution in [0, 0.1) is 11.6 Å². The van der Waals surface area contributed by atoms with Crippen LogP contribution >= 0.6 is 0 Å². The van der Waals surface area contributed by atoms with Crippen LogP contribution in [-0.2, 0) is 36.8 Å². The molecule has 13 nitrogen and oxygen atoms in total. The highest BCUT2D eigenvalue weighted by molar-refractivity contribution is 5.97. The molecule has 0 aliphatic rings. The van der Waals surface area contributed by atoms with Gasteiger partial charge in [0.25, 0.3) is 5.91 Å². The van der Waals surface area contributed by atoms with Crippen molar-refractivity contribution in [3.63, 3.8) is 0 Å². The van der Waals surface area contributed by atoms with Crippen LogP contribution in [0.15, 0.2) is 59.7 Å². The Morgan fingerprint density at radius 1 is 0.833 bits per heavy atom. The quantitative estimate of drug-likeness (QED) is 0.0649. The summed E-state index contributed by atoms with van der Waals surface area (Å²) < 4.78 is 61.3. The van der Waals surface area contributed by atoms with Crippen molar-refractivity contribution in [1.29, 1.82) is 0 Å². The number of hydrogen-bond acceptors (Lipinski definition) is 9. The molecule has 0 aliphatic carbocycles. The first kappa shape index (κ1) is 37.7. The van der Waals surface area contributed by atoms with E-state index in [2.05, 4.69) is 15.3 Å². The van der Waals surface area contributed by atoms with E-state index in [-0.39, 0.29) is 19.6 Å².